The van der Waals surface area contributed by atoms with E-state index in [2.05, 4.69) is 15.2 Å². The quantitative estimate of drug-likeness (QED) is 0.385. The van der Waals surface area contributed by atoms with Crippen LogP contribution in [0.1, 0.15) is 24.4 Å². The Morgan fingerprint density at radius 3 is 2.47 bits per heavy atom. The molecule has 4 rings (SSSR count). The number of H-pyrrole nitrogens is 1. The second-order valence-corrected chi connectivity index (χ2v) is 8.63. The molecule has 1 atom stereocenters. The summed E-state index contributed by atoms with van der Waals surface area (Å²) in [6.07, 6.45) is 1.33. The lowest BCUT2D eigenvalue weighted by molar-refractivity contribution is -0.143. The van der Waals surface area contributed by atoms with Gasteiger partial charge in [0.05, 0.1) is 6.42 Å². The molecule has 1 amide bonds. The Morgan fingerprint density at radius 2 is 1.79 bits per heavy atom. The number of hydrogen-bond acceptors (Lipinski definition) is 5. The van der Waals surface area contributed by atoms with Gasteiger partial charge in [0.15, 0.2) is 0 Å². The maximum Gasteiger partial charge on any atom is 0.325 e. The predicted molar refractivity (Wildman–Crippen MR) is 129 cm³/mol. The van der Waals surface area contributed by atoms with Crippen LogP contribution in [0, 0.1) is 0 Å². The number of rotatable bonds is 8. The highest BCUT2D eigenvalue weighted by Crippen LogP contribution is 2.32. The normalized spacial score (nSPS) is 15.3. The minimum Gasteiger partial charge on any atom is -0.481 e. The number of carboxylic acids is 2. The third-order valence-electron chi connectivity index (χ3n) is 5.94. The van der Waals surface area contributed by atoms with Gasteiger partial charge in [-0.25, -0.2) is 0 Å². The van der Waals surface area contributed by atoms with Gasteiger partial charge in [-0.15, -0.1) is 0 Å². The van der Waals surface area contributed by atoms with Crippen LogP contribution < -0.4 is 10.2 Å². The number of carbonyl (C=O) groups is 3. The van der Waals surface area contributed by atoms with Crippen molar-refractivity contribution in [3.05, 3.63) is 59.2 Å². The van der Waals surface area contributed by atoms with E-state index in [1.807, 2.05) is 29.2 Å². The van der Waals surface area contributed by atoms with Crippen molar-refractivity contribution >= 4 is 51.7 Å². The highest BCUT2D eigenvalue weighted by atomic mass is 35.5. The lowest BCUT2D eigenvalue weighted by Gasteiger charge is -2.38. The number of fused-ring (bicyclic) bond motifs is 1. The van der Waals surface area contributed by atoms with Crippen LogP contribution in [0.15, 0.2) is 48.7 Å². The van der Waals surface area contributed by atoms with Gasteiger partial charge in [0.1, 0.15) is 6.04 Å². The van der Waals surface area contributed by atoms with Crippen LogP contribution in [0.2, 0.25) is 5.02 Å². The number of nitrogens with one attached hydrogen (secondary N) is 2. The summed E-state index contributed by atoms with van der Waals surface area (Å²) in [4.78, 5) is 42.1. The third kappa shape index (κ3) is 5.32. The van der Waals surface area contributed by atoms with Crippen molar-refractivity contribution in [2.45, 2.75) is 18.9 Å². The number of piperazine rings is 1. The SMILES string of the molecule is O=C(O)CCC(=O)Nc1ccc2c([C@H](C(=O)O)N3CCN(c4cccc(Cl)c4)CC3)c[nH]c2c1. The van der Waals surface area contributed by atoms with Gasteiger partial charge >= 0.3 is 11.9 Å². The maximum absolute atomic E-state index is 12.3. The smallest absolute Gasteiger partial charge is 0.325 e. The zero-order valence-corrected chi connectivity index (χ0v) is 19.1. The molecule has 3 aromatic rings. The van der Waals surface area contributed by atoms with Gasteiger partial charge < -0.3 is 25.4 Å². The molecule has 1 fully saturated rings. The van der Waals surface area contributed by atoms with Crippen molar-refractivity contribution in [3.63, 3.8) is 0 Å². The van der Waals surface area contributed by atoms with Crippen molar-refractivity contribution in [2.24, 2.45) is 0 Å². The topological polar surface area (TPSA) is 126 Å². The molecule has 1 aliphatic rings. The van der Waals surface area contributed by atoms with Crippen molar-refractivity contribution in [1.29, 1.82) is 0 Å². The second-order valence-electron chi connectivity index (χ2n) is 8.19. The van der Waals surface area contributed by atoms with Gasteiger partial charge in [-0.2, -0.15) is 0 Å². The number of aliphatic carboxylic acids is 2. The molecule has 0 saturated carbocycles. The van der Waals surface area contributed by atoms with Crippen LogP contribution in [-0.2, 0) is 14.4 Å². The molecule has 0 radical (unpaired) electrons. The monoisotopic (exact) mass is 484 g/mol. The Kier molecular flexibility index (Phi) is 7.04. The van der Waals surface area contributed by atoms with Crippen LogP contribution in [0.4, 0.5) is 11.4 Å². The summed E-state index contributed by atoms with van der Waals surface area (Å²) < 4.78 is 0. The molecular weight excluding hydrogens is 460 g/mol. The van der Waals surface area contributed by atoms with Gasteiger partial charge in [-0.3, -0.25) is 19.3 Å². The molecule has 10 heteroatoms. The Labute approximate surface area is 200 Å². The van der Waals surface area contributed by atoms with Gasteiger partial charge in [0.2, 0.25) is 5.91 Å². The number of halogens is 1. The molecule has 4 N–H and O–H groups in total. The van der Waals surface area contributed by atoms with Gasteiger partial charge in [-0.05, 0) is 30.3 Å². The lowest BCUT2D eigenvalue weighted by atomic mass is 10.0. The van der Waals surface area contributed by atoms with Crippen molar-refractivity contribution in [1.82, 2.24) is 9.88 Å². The number of aromatic nitrogens is 1. The van der Waals surface area contributed by atoms with Crippen LogP contribution in [0.25, 0.3) is 10.9 Å². The van der Waals surface area contributed by atoms with E-state index in [-0.39, 0.29) is 12.8 Å². The number of carboxylic acid groups (broad SMARTS) is 2. The van der Waals surface area contributed by atoms with Crippen LogP contribution in [-0.4, -0.2) is 64.1 Å². The summed E-state index contributed by atoms with van der Waals surface area (Å²) in [7, 11) is 0. The largest absolute Gasteiger partial charge is 0.481 e. The summed E-state index contributed by atoms with van der Waals surface area (Å²) in [6, 6.07) is 12.0. The molecule has 2 aromatic carbocycles. The molecule has 1 aliphatic heterocycles. The summed E-state index contributed by atoms with van der Waals surface area (Å²) >= 11 is 6.11. The zero-order chi connectivity index (χ0) is 24.2. The van der Waals surface area contributed by atoms with Crippen LogP contribution in [0.3, 0.4) is 0 Å². The molecule has 34 heavy (non-hydrogen) atoms. The molecule has 0 aliphatic carbocycles. The molecule has 2 heterocycles. The summed E-state index contributed by atoms with van der Waals surface area (Å²) in [5.74, 6) is -2.36. The van der Waals surface area contributed by atoms with Crippen molar-refractivity contribution in [3.8, 4) is 0 Å². The molecule has 0 unspecified atom stereocenters. The first kappa shape index (κ1) is 23.6. The Morgan fingerprint density at radius 1 is 1.03 bits per heavy atom. The fraction of sp³-hybridized carbons (Fsp3) is 0.292. The molecular formula is C24H25ClN4O5. The zero-order valence-electron chi connectivity index (χ0n) is 18.3. The Bertz CT molecular complexity index is 1220. The number of nitrogens with zero attached hydrogens (tertiary/aromatic N) is 2. The van der Waals surface area contributed by atoms with Gasteiger partial charge in [0, 0.05) is 71.7 Å². The number of amides is 1. The minimum absolute atomic E-state index is 0.119. The van der Waals surface area contributed by atoms with Crippen molar-refractivity contribution in [2.75, 3.05) is 36.4 Å². The molecule has 0 bridgehead atoms. The Hall–Kier alpha value is -3.56. The number of anilines is 2. The molecule has 178 valence electrons. The first-order valence-corrected chi connectivity index (χ1v) is 11.3. The van der Waals surface area contributed by atoms with Gasteiger partial charge in [0.25, 0.3) is 0 Å². The average Bonchev–Trinajstić information content (AvgIpc) is 3.21. The Balaban J connectivity index is 1.48. The van der Waals surface area contributed by atoms with E-state index in [4.69, 9.17) is 16.7 Å². The standard InChI is InChI=1S/C24H25ClN4O5/c25-15-2-1-3-17(12-15)28-8-10-29(11-9-28)23(24(33)34)19-14-26-20-13-16(4-5-18(19)20)27-21(30)6-7-22(31)32/h1-5,12-14,23,26H,6-11H2,(H,27,30)(H,31,32)(H,33,34)/t23-/m1/s1. The van der Waals surface area contributed by atoms with Crippen LogP contribution >= 0.6 is 11.6 Å². The number of carbonyl (C=O) groups excluding carboxylic acids is 1. The first-order valence-electron chi connectivity index (χ1n) is 10.9. The molecule has 0 spiro atoms. The average molecular weight is 485 g/mol. The number of hydrogen-bond donors (Lipinski definition) is 4. The molecule has 9 nitrogen and oxygen atoms in total. The van der Waals surface area contributed by atoms with E-state index in [9.17, 15) is 19.5 Å². The van der Waals surface area contributed by atoms with E-state index in [1.54, 1.807) is 24.4 Å². The fourth-order valence-corrected chi connectivity index (χ4v) is 4.48. The van der Waals surface area contributed by atoms with E-state index < -0.39 is 23.9 Å². The highest BCUT2D eigenvalue weighted by Gasteiger charge is 2.32. The molecule has 1 aromatic heterocycles. The van der Waals surface area contributed by atoms with Gasteiger partial charge in [-0.1, -0.05) is 23.7 Å². The van der Waals surface area contributed by atoms with E-state index >= 15 is 0 Å². The van der Waals surface area contributed by atoms with E-state index in [0.717, 1.165) is 11.1 Å². The predicted octanol–water partition coefficient (Wildman–Crippen LogP) is 3.57. The van der Waals surface area contributed by atoms with Crippen LogP contribution in [0.5, 0.6) is 0 Å². The summed E-state index contributed by atoms with van der Waals surface area (Å²) in [5, 5.41) is 22.9. The summed E-state index contributed by atoms with van der Waals surface area (Å²) in [5.41, 5.74) is 2.87. The molecule has 1 saturated heterocycles. The first-order chi connectivity index (χ1) is 16.3. The number of aromatic amines is 1. The lowest BCUT2D eigenvalue weighted by Crippen LogP contribution is -2.49. The maximum atomic E-state index is 12.3. The van der Waals surface area contributed by atoms with E-state index in [1.165, 1.54) is 0 Å². The van der Waals surface area contributed by atoms with E-state index in [0.29, 0.717) is 48.0 Å². The minimum atomic E-state index is -1.03. The summed E-state index contributed by atoms with van der Waals surface area (Å²) in [6.45, 7) is 2.51. The van der Waals surface area contributed by atoms with Crippen molar-refractivity contribution < 1.29 is 24.6 Å². The second kappa shape index (κ2) is 10.1. The highest BCUT2D eigenvalue weighted by molar-refractivity contribution is 6.30. The number of benzene rings is 2. The fourth-order valence-electron chi connectivity index (χ4n) is 4.29. The third-order valence-corrected chi connectivity index (χ3v) is 6.18.